The van der Waals surface area contributed by atoms with Crippen molar-refractivity contribution in [3.8, 4) is 11.5 Å². The van der Waals surface area contributed by atoms with Crippen LogP contribution in [0.5, 0.6) is 11.5 Å². The summed E-state index contributed by atoms with van der Waals surface area (Å²) in [4.78, 5) is 24.0. The number of hydrogen-bond donors (Lipinski definition) is 2. The summed E-state index contributed by atoms with van der Waals surface area (Å²) in [6, 6.07) is 6.28. The molecule has 7 heteroatoms. The van der Waals surface area contributed by atoms with Crippen LogP contribution < -0.4 is 20.3 Å². The van der Waals surface area contributed by atoms with Gasteiger partial charge in [0, 0.05) is 5.56 Å². The molecule has 0 radical (unpaired) electrons. The standard InChI is InChI=1S/C16H18N2O5/c1-4-22-13-6-5-11(9-14(13)21-3)15(19)17-18-16(20)12-7-8-23-10(12)2/h5-9H,4H2,1-3H3,(H,17,19)(H,18,20). The lowest BCUT2D eigenvalue weighted by Gasteiger charge is -2.11. The normalized spacial score (nSPS) is 10.0. The fourth-order valence-electron chi connectivity index (χ4n) is 1.96. The summed E-state index contributed by atoms with van der Waals surface area (Å²) in [6.45, 7) is 4.00. The van der Waals surface area contributed by atoms with Gasteiger partial charge in [-0.15, -0.1) is 0 Å². The Labute approximate surface area is 133 Å². The first-order chi connectivity index (χ1) is 11.1. The summed E-state index contributed by atoms with van der Waals surface area (Å²) in [5, 5.41) is 0. The highest BCUT2D eigenvalue weighted by molar-refractivity contribution is 5.99. The highest BCUT2D eigenvalue weighted by atomic mass is 16.5. The molecule has 1 heterocycles. The van der Waals surface area contributed by atoms with E-state index in [1.807, 2.05) is 6.92 Å². The minimum absolute atomic E-state index is 0.328. The zero-order valence-electron chi connectivity index (χ0n) is 13.1. The highest BCUT2D eigenvalue weighted by Crippen LogP contribution is 2.27. The molecule has 1 aromatic heterocycles. The molecule has 2 amide bonds. The van der Waals surface area contributed by atoms with Gasteiger partial charge in [-0.2, -0.15) is 0 Å². The van der Waals surface area contributed by atoms with Crippen LogP contribution in [0.1, 0.15) is 33.4 Å². The lowest BCUT2D eigenvalue weighted by molar-refractivity contribution is 0.0845. The third-order valence-corrected chi connectivity index (χ3v) is 3.12. The maximum Gasteiger partial charge on any atom is 0.273 e. The quantitative estimate of drug-likeness (QED) is 0.824. The van der Waals surface area contributed by atoms with E-state index < -0.39 is 11.8 Å². The number of amides is 2. The van der Waals surface area contributed by atoms with Crippen LogP contribution in [-0.4, -0.2) is 25.5 Å². The van der Waals surface area contributed by atoms with Crippen LogP contribution in [0.15, 0.2) is 34.9 Å². The van der Waals surface area contributed by atoms with Gasteiger partial charge in [0.05, 0.1) is 25.5 Å². The van der Waals surface area contributed by atoms with E-state index in [1.54, 1.807) is 19.1 Å². The molecule has 0 bridgehead atoms. The third-order valence-electron chi connectivity index (χ3n) is 3.12. The Kier molecular flexibility index (Phi) is 5.24. The first-order valence-electron chi connectivity index (χ1n) is 7.02. The molecule has 2 N–H and O–H groups in total. The second-order valence-electron chi connectivity index (χ2n) is 4.60. The van der Waals surface area contributed by atoms with E-state index in [2.05, 4.69) is 10.9 Å². The number of nitrogens with one attached hydrogen (secondary N) is 2. The fraction of sp³-hybridized carbons (Fsp3) is 0.250. The van der Waals surface area contributed by atoms with E-state index >= 15 is 0 Å². The number of furan rings is 1. The van der Waals surface area contributed by atoms with Gasteiger partial charge in [-0.05, 0) is 38.1 Å². The predicted octanol–water partition coefficient (Wildman–Crippen LogP) is 2.07. The largest absolute Gasteiger partial charge is 0.493 e. The summed E-state index contributed by atoms with van der Waals surface area (Å²) >= 11 is 0. The molecule has 0 saturated heterocycles. The topological polar surface area (TPSA) is 89.8 Å². The monoisotopic (exact) mass is 318 g/mol. The van der Waals surface area contributed by atoms with Crippen LogP contribution in [-0.2, 0) is 0 Å². The van der Waals surface area contributed by atoms with Crippen LogP contribution in [0.4, 0.5) is 0 Å². The van der Waals surface area contributed by atoms with Crippen LogP contribution >= 0.6 is 0 Å². The van der Waals surface area contributed by atoms with E-state index in [0.717, 1.165) is 0 Å². The van der Waals surface area contributed by atoms with Crippen LogP contribution in [0.2, 0.25) is 0 Å². The van der Waals surface area contributed by atoms with E-state index in [4.69, 9.17) is 13.9 Å². The van der Waals surface area contributed by atoms with E-state index in [0.29, 0.717) is 35.0 Å². The Morgan fingerprint density at radius 2 is 1.87 bits per heavy atom. The minimum atomic E-state index is -0.471. The van der Waals surface area contributed by atoms with Crippen molar-refractivity contribution in [1.82, 2.24) is 10.9 Å². The number of methoxy groups -OCH3 is 1. The molecule has 0 unspecified atom stereocenters. The number of ether oxygens (including phenoxy) is 2. The van der Waals surface area contributed by atoms with E-state index in [1.165, 1.54) is 25.5 Å². The molecule has 0 aliphatic rings. The first kappa shape index (κ1) is 16.4. The van der Waals surface area contributed by atoms with Crippen molar-refractivity contribution in [1.29, 1.82) is 0 Å². The second kappa shape index (κ2) is 7.35. The van der Waals surface area contributed by atoms with Gasteiger partial charge in [0.15, 0.2) is 11.5 Å². The molecule has 0 atom stereocenters. The number of hydrogen-bond acceptors (Lipinski definition) is 5. The minimum Gasteiger partial charge on any atom is -0.493 e. The molecular weight excluding hydrogens is 300 g/mol. The molecule has 1 aromatic carbocycles. The summed E-state index contributed by atoms with van der Waals surface area (Å²) in [7, 11) is 1.49. The second-order valence-corrected chi connectivity index (χ2v) is 4.60. The zero-order chi connectivity index (χ0) is 16.8. The predicted molar refractivity (Wildman–Crippen MR) is 82.5 cm³/mol. The summed E-state index contributed by atoms with van der Waals surface area (Å²) in [5.41, 5.74) is 5.36. The molecule has 2 rings (SSSR count). The van der Waals surface area contributed by atoms with Gasteiger partial charge < -0.3 is 13.9 Å². The van der Waals surface area contributed by atoms with E-state index in [9.17, 15) is 9.59 Å². The Balaban J connectivity index is 2.03. The van der Waals surface area contributed by atoms with Gasteiger partial charge in [-0.3, -0.25) is 20.4 Å². The molecule has 0 aliphatic heterocycles. The highest BCUT2D eigenvalue weighted by Gasteiger charge is 2.14. The van der Waals surface area contributed by atoms with Crippen molar-refractivity contribution >= 4 is 11.8 Å². The molecule has 7 nitrogen and oxygen atoms in total. The number of aryl methyl sites for hydroxylation is 1. The van der Waals surface area contributed by atoms with E-state index in [-0.39, 0.29) is 0 Å². The van der Waals surface area contributed by atoms with Gasteiger partial charge in [0.25, 0.3) is 11.8 Å². The van der Waals surface area contributed by atoms with Crippen molar-refractivity contribution in [2.24, 2.45) is 0 Å². The number of benzene rings is 1. The Morgan fingerprint density at radius 1 is 1.13 bits per heavy atom. The molecule has 122 valence electrons. The SMILES string of the molecule is CCOc1ccc(C(=O)NNC(=O)c2ccoc2C)cc1OC. The molecule has 0 fully saturated rings. The van der Waals surface area contributed by atoms with Crippen molar-refractivity contribution in [2.45, 2.75) is 13.8 Å². The lowest BCUT2D eigenvalue weighted by atomic mass is 10.2. The van der Waals surface area contributed by atoms with Gasteiger partial charge in [0.2, 0.25) is 0 Å². The Bertz CT molecular complexity index is 708. The average molecular weight is 318 g/mol. The first-order valence-corrected chi connectivity index (χ1v) is 7.02. The zero-order valence-corrected chi connectivity index (χ0v) is 13.1. The summed E-state index contributed by atoms with van der Waals surface area (Å²) < 4.78 is 15.6. The smallest absolute Gasteiger partial charge is 0.273 e. The van der Waals surface area contributed by atoms with Crippen molar-refractivity contribution in [3.63, 3.8) is 0 Å². The number of hydrazine groups is 1. The van der Waals surface area contributed by atoms with Crippen molar-refractivity contribution < 1.29 is 23.5 Å². The summed E-state index contributed by atoms with van der Waals surface area (Å²) in [6.07, 6.45) is 1.41. The lowest BCUT2D eigenvalue weighted by Crippen LogP contribution is -2.41. The molecular formula is C16H18N2O5. The van der Waals surface area contributed by atoms with Gasteiger partial charge in [-0.25, -0.2) is 0 Å². The summed E-state index contributed by atoms with van der Waals surface area (Å²) in [5.74, 6) is 0.531. The molecule has 0 saturated carbocycles. The maximum atomic E-state index is 12.1. The number of rotatable bonds is 5. The number of carbonyl (C=O) groups is 2. The average Bonchev–Trinajstić information content (AvgIpc) is 2.99. The van der Waals surface area contributed by atoms with Gasteiger partial charge in [-0.1, -0.05) is 0 Å². The Hall–Kier alpha value is -2.96. The molecule has 0 aliphatic carbocycles. The fourth-order valence-corrected chi connectivity index (χ4v) is 1.96. The molecule has 0 spiro atoms. The van der Waals surface area contributed by atoms with Crippen molar-refractivity contribution in [2.75, 3.05) is 13.7 Å². The van der Waals surface area contributed by atoms with Crippen LogP contribution in [0.3, 0.4) is 0 Å². The maximum absolute atomic E-state index is 12.1. The Morgan fingerprint density at radius 3 is 2.48 bits per heavy atom. The van der Waals surface area contributed by atoms with Gasteiger partial charge >= 0.3 is 0 Å². The number of carbonyl (C=O) groups excluding carboxylic acids is 2. The van der Waals surface area contributed by atoms with Crippen LogP contribution in [0.25, 0.3) is 0 Å². The molecule has 2 aromatic rings. The van der Waals surface area contributed by atoms with Crippen LogP contribution in [0, 0.1) is 6.92 Å². The third kappa shape index (κ3) is 3.82. The molecule has 23 heavy (non-hydrogen) atoms. The van der Waals surface area contributed by atoms with Crippen molar-refractivity contribution in [3.05, 3.63) is 47.4 Å². The van der Waals surface area contributed by atoms with Gasteiger partial charge in [0.1, 0.15) is 5.76 Å².